The van der Waals surface area contributed by atoms with Crippen molar-refractivity contribution in [2.45, 2.75) is 33.2 Å². The van der Waals surface area contributed by atoms with E-state index < -0.39 is 22.9 Å². The number of rotatable bonds is 7. The standard InChI is InChI=1S/C15H20N2O6/c1-8(2)5-12(14(18)19)16-10-6-9(3)13(17(21)22)11(7-10)15(20)23-4/h6-8,12,16H,5H2,1-4H3,(H,18,19)/t12-/m0/s1. The van der Waals surface area contributed by atoms with E-state index in [0.29, 0.717) is 12.1 Å². The summed E-state index contributed by atoms with van der Waals surface area (Å²) >= 11 is 0. The van der Waals surface area contributed by atoms with E-state index in [1.807, 2.05) is 13.8 Å². The number of ether oxygens (including phenoxy) is 1. The van der Waals surface area contributed by atoms with Crippen LogP contribution in [0.3, 0.4) is 0 Å². The lowest BCUT2D eigenvalue weighted by Gasteiger charge is -2.18. The Hall–Kier alpha value is -2.64. The molecule has 0 aliphatic heterocycles. The molecule has 23 heavy (non-hydrogen) atoms. The van der Waals surface area contributed by atoms with E-state index in [1.165, 1.54) is 19.1 Å². The Morgan fingerprint density at radius 1 is 1.39 bits per heavy atom. The molecule has 0 radical (unpaired) electrons. The van der Waals surface area contributed by atoms with Crippen molar-refractivity contribution < 1.29 is 24.4 Å². The smallest absolute Gasteiger partial charge is 0.344 e. The van der Waals surface area contributed by atoms with Crippen LogP contribution >= 0.6 is 0 Å². The third kappa shape index (κ3) is 4.67. The summed E-state index contributed by atoms with van der Waals surface area (Å²) in [6, 6.07) is 1.83. The van der Waals surface area contributed by atoms with Gasteiger partial charge in [-0.2, -0.15) is 0 Å². The predicted octanol–water partition coefficient (Wildman–Crippen LogP) is 2.60. The molecule has 0 saturated heterocycles. The van der Waals surface area contributed by atoms with Crippen LogP contribution in [0, 0.1) is 23.0 Å². The summed E-state index contributed by atoms with van der Waals surface area (Å²) in [5.74, 6) is -1.74. The van der Waals surface area contributed by atoms with Crippen LogP contribution in [0.15, 0.2) is 12.1 Å². The number of esters is 1. The largest absolute Gasteiger partial charge is 0.480 e. The fourth-order valence-electron chi connectivity index (χ4n) is 2.26. The number of hydrogen-bond donors (Lipinski definition) is 2. The number of aryl methyl sites for hydroxylation is 1. The second kappa shape index (κ2) is 7.57. The van der Waals surface area contributed by atoms with Crippen LogP contribution in [0.5, 0.6) is 0 Å². The van der Waals surface area contributed by atoms with Gasteiger partial charge >= 0.3 is 11.9 Å². The second-order valence-electron chi connectivity index (χ2n) is 5.60. The number of methoxy groups -OCH3 is 1. The molecular formula is C15H20N2O6. The SMILES string of the molecule is COC(=O)c1cc(N[C@@H](CC(C)C)C(=O)O)cc(C)c1[N+](=O)[O-]. The zero-order chi connectivity index (χ0) is 17.7. The highest BCUT2D eigenvalue weighted by Gasteiger charge is 2.26. The zero-order valence-corrected chi connectivity index (χ0v) is 13.5. The summed E-state index contributed by atoms with van der Waals surface area (Å²) < 4.78 is 4.57. The van der Waals surface area contributed by atoms with Crippen molar-refractivity contribution in [3.63, 3.8) is 0 Å². The van der Waals surface area contributed by atoms with E-state index in [0.717, 1.165) is 7.11 Å². The lowest BCUT2D eigenvalue weighted by Crippen LogP contribution is -2.30. The highest BCUT2D eigenvalue weighted by atomic mass is 16.6. The van der Waals surface area contributed by atoms with E-state index in [4.69, 9.17) is 0 Å². The van der Waals surface area contributed by atoms with E-state index in [9.17, 15) is 24.8 Å². The molecule has 0 heterocycles. The molecule has 1 aromatic carbocycles. The van der Waals surface area contributed by atoms with Gasteiger partial charge in [0.15, 0.2) is 0 Å². The van der Waals surface area contributed by atoms with Gasteiger partial charge in [0, 0.05) is 11.3 Å². The summed E-state index contributed by atoms with van der Waals surface area (Å²) in [6.45, 7) is 5.26. The summed E-state index contributed by atoms with van der Waals surface area (Å²) in [5, 5.41) is 23.2. The highest BCUT2D eigenvalue weighted by molar-refractivity contribution is 5.96. The molecule has 2 N–H and O–H groups in total. The van der Waals surface area contributed by atoms with E-state index in [1.54, 1.807) is 0 Å². The molecule has 1 atom stereocenters. The fourth-order valence-corrected chi connectivity index (χ4v) is 2.26. The number of benzene rings is 1. The highest BCUT2D eigenvalue weighted by Crippen LogP contribution is 2.29. The van der Waals surface area contributed by atoms with Gasteiger partial charge in [0.25, 0.3) is 5.69 Å². The molecule has 126 valence electrons. The number of nitro benzene ring substituents is 1. The van der Waals surface area contributed by atoms with Crippen molar-refractivity contribution in [1.82, 2.24) is 0 Å². The van der Waals surface area contributed by atoms with Crippen LogP contribution in [0.1, 0.15) is 36.2 Å². The van der Waals surface area contributed by atoms with Crippen molar-refractivity contribution in [2.24, 2.45) is 5.92 Å². The van der Waals surface area contributed by atoms with Gasteiger partial charge in [-0.25, -0.2) is 9.59 Å². The lowest BCUT2D eigenvalue weighted by atomic mass is 10.0. The first-order chi connectivity index (χ1) is 10.7. The summed E-state index contributed by atoms with van der Waals surface area (Å²) in [7, 11) is 1.13. The van der Waals surface area contributed by atoms with Crippen LogP contribution in [0.25, 0.3) is 0 Å². The van der Waals surface area contributed by atoms with E-state index >= 15 is 0 Å². The van der Waals surface area contributed by atoms with Crippen molar-refractivity contribution in [2.75, 3.05) is 12.4 Å². The molecule has 0 spiro atoms. The van der Waals surface area contributed by atoms with E-state index in [2.05, 4.69) is 10.1 Å². The topological polar surface area (TPSA) is 119 Å². The first kappa shape index (κ1) is 18.4. The predicted molar refractivity (Wildman–Crippen MR) is 83.7 cm³/mol. The summed E-state index contributed by atoms with van der Waals surface area (Å²) in [6.07, 6.45) is 0.374. The van der Waals surface area contributed by atoms with Crippen LogP contribution in [-0.2, 0) is 9.53 Å². The molecule has 0 unspecified atom stereocenters. The average Bonchev–Trinajstić information content (AvgIpc) is 2.43. The van der Waals surface area contributed by atoms with Crippen molar-refractivity contribution in [3.8, 4) is 0 Å². The minimum atomic E-state index is -1.03. The maximum Gasteiger partial charge on any atom is 0.344 e. The van der Waals surface area contributed by atoms with Gasteiger partial charge in [-0.15, -0.1) is 0 Å². The number of aliphatic carboxylic acids is 1. The van der Waals surface area contributed by atoms with Crippen molar-refractivity contribution in [1.29, 1.82) is 0 Å². The first-order valence-electron chi connectivity index (χ1n) is 7.04. The number of nitro groups is 1. The number of carbonyl (C=O) groups is 2. The maximum atomic E-state index is 11.8. The Balaban J connectivity index is 3.27. The van der Waals surface area contributed by atoms with Crippen LogP contribution < -0.4 is 5.32 Å². The number of hydrogen-bond acceptors (Lipinski definition) is 6. The zero-order valence-electron chi connectivity index (χ0n) is 13.5. The molecule has 0 aromatic heterocycles. The molecule has 0 aliphatic carbocycles. The van der Waals surface area contributed by atoms with Gasteiger partial charge in [-0.1, -0.05) is 13.8 Å². The Kier molecular flexibility index (Phi) is 6.06. The second-order valence-corrected chi connectivity index (χ2v) is 5.60. The number of carboxylic acid groups (broad SMARTS) is 1. The van der Waals surface area contributed by atoms with E-state index in [-0.39, 0.29) is 22.7 Å². The van der Waals surface area contributed by atoms with Gasteiger partial charge in [0.1, 0.15) is 11.6 Å². The molecule has 0 aliphatic rings. The molecule has 8 nitrogen and oxygen atoms in total. The third-order valence-electron chi connectivity index (χ3n) is 3.23. The minimum absolute atomic E-state index is 0.142. The molecule has 0 amide bonds. The lowest BCUT2D eigenvalue weighted by molar-refractivity contribution is -0.385. The van der Waals surface area contributed by atoms with Crippen LogP contribution in [0.2, 0.25) is 0 Å². The Morgan fingerprint density at radius 3 is 2.43 bits per heavy atom. The molecule has 1 aromatic rings. The molecule has 0 bridgehead atoms. The number of anilines is 1. The molecule has 0 saturated carbocycles. The van der Waals surface area contributed by atoms with Gasteiger partial charge in [0.05, 0.1) is 12.0 Å². The first-order valence-corrected chi connectivity index (χ1v) is 7.04. The molecule has 1 rings (SSSR count). The van der Waals surface area contributed by atoms with Crippen LogP contribution in [-0.4, -0.2) is 35.1 Å². The van der Waals surface area contributed by atoms with Crippen molar-refractivity contribution >= 4 is 23.3 Å². The van der Waals surface area contributed by atoms with Gasteiger partial charge in [-0.05, 0) is 31.4 Å². The average molecular weight is 324 g/mol. The monoisotopic (exact) mass is 324 g/mol. The number of nitrogens with one attached hydrogen (secondary N) is 1. The van der Waals surface area contributed by atoms with Gasteiger partial charge < -0.3 is 15.2 Å². The third-order valence-corrected chi connectivity index (χ3v) is 3.23. The number of carbonyl (C=O) groups excluding carboxylic acids is 1. The van der Waals surface area contributed by atoms with Gasteiger partial charge in [-0.3, -0.25) is 10.1 Å². The maximum absolute atomic E-state index is 11.8. The Bertz CT molecular complexity index is 627. The Labute approximate surface area is 133 Å². The summed E-state index contributed by atoms with van der Waals surface area (Å²) in [4.78, 5) is 33.6. The Morgan fingerprint density at radius 2 is 2.00 bits per heavy atom. The van der Waals surface area contributed by atoms with Gasteiger partial charge in [0.2, 0.25) is 0 Å². The molecule has 0 fully saturated rings. The van der Waals surface area contributed by atoms with Crippen LogP contribution in [0.4, 0.5) is 11.4 Å². The summed E-state index contributed by atoms with van der Waals surface area (Å²) in [5.41, 5.74) is 0.00227. The number of carboxylic acids is 1. The van der Waals surface area contributed by atoms with Crippen molar-refractivity contribution in [3.05, 3.63) is 33.4 Å². The molecule has 8 heteroatoms. The number of nitrogens with zero attached hydrogens (tertiary/aromatic N) is 1. The minimum Gasteiger partial charge on any atom is -0.480 e. The quantitative estimate of drug-likeness (QED) is 0.449. The molecular weight excluding hydrogens is 304 g/mol. The normalized spacial score (nSPS) is 11.9. The fraction of sp³-hybridized carbons (Fsp3) is 0.467.